The fourth-order valence-electron chi connectivity index (χ4n) is 1.32. The van der Waals surface area contributed by atoms with Crippen molar-refractivity contribution >= 4 is 11.5 Å². The molecule has 0 saturated carbocycles. The first-order valence-corrected chi connectivity index (χ1v) is 5.33. The molecule has 7 heteroatoms. The number of hydrogen-bond donors (Lipinski definition) is 1. The Morgan fingerprint density at radius 3 is 2.55 bits per heavy atom. The van der Waals surface area contributed by atoms with Crippen LogP contribution in [0.25, 0.3) is 5.57 Å². The molecular formula is C13H11F3N4. The van der Waals surface area contributed by atoms with E-state index in [-0.39, 0.29) is 28.4 Å². The van der Waals surface area contributed by atoms with Crippen LogP contribution in [-0.2, 0) is 0 Å². The van der Waals surface area contributed by atoms with Crippen molar-refractivity contribution in [1.29, 1.82) is 5.26 Å². The van der Waals surface area contributed by atoms with E-state index in [2.05, 4.69) is 23.1 Å². The van der Waals surface area contributed by atoms with Gasteiger partial charge in [0.05, 0.1) is 17.5 Å². The highest BCUT2D eigenvalue weighted by Crippen LogP contribution is 2.29. The highest BCUT2D eigenvalue weighted by molar-refractivity contribution is 5.78. The second kappa shape index (κ2) is 5.57. The van der Waals surface area contributed by atoms with Crippen molar-refractivity contribution in [3.05, 3.63) is 47.8 Å². The maximum atomic E-state index is 12.4. The lowest BCUT2D eigenvalue weighted by Crippen LogP contribution is -2.09. The quantitative estimate of drug-likeness (QED) is 0.863. The van der Waals surface area contributed by atoms with E-state index in [9.17, 15) is 13.2 Å². The highest BCUT2D eigenvalue weighted by Gasteiger charge is 2.30. The summed E-state index contributed by atoms with van der Waals surface area (Å²) in [4.78, 5) is 7.47. The topological polar surface area (TPSA) is 75.6 Å². The molecule has 2 N–H and O–H groups in total. The van der Waals surface area contributed by atoms with Crippen LogP contribution in [0.5, 0.6) is 0 Å². The lowest BCUT2D eigenvalue weighted by molar-refractivity contribution is -0.0878. The molecule has 20 heavy (non-hydrogen) atoms. The maximum Gasteiger partial charge on any atom is 0.415 e. The molecule has 0 saturated heterocycles. The largest absolute Gasteiger partial charge is 0.415 e. The summed E-state index contributed by atoms with van der Waals surface area (Å²) in [5.41, 5.74) is 4.90. The Morgan fingerprint density at radius 2 is 2.05 bits per heavy atom. The number of rotatable bonds is 3. The zero-order valence-corrected chi connectivity index (χ0v) is 10.6. The first-order chi connectivity index (χ1) is 9.16. The van der Waals surface area contributed by atoms with Gasteiger partial charge in [-0.1, -0.05) is 13.2 Å². The van der Waals surface area contributed by atoms with Crippen LogP contribution in [0.2, 0.25) is 0 Å². The monoisotopic (exact) mass is 280 g/mol. The van der Waals surface area contributed by atoms with Crippen LogP contribution in [0.3, 0.4) is 0 Å². The van der Waals surface area contributed by atoms with Crippen LogP contribution in [0.1, 0.15) is 18.2 Å². The van der Waals surface area contributed by atoms with E-state index >= 15 is 0 Å². The second-order valence-electron chi connectivity index (χ2n) is 3.93. The van der Waals surface area contributed by atoms with Crippen LogP contribution in [0, 0.1) is 11.3 Å². The fourth-order valence-corrected chi connectivity index (χ4v) is 1.32. The molecule has 0 aliphatic rings. The summed E-state index contributed by atoms with van der Waals surface area (Å²) >= 11 is 0. The molecule has 0 aliphatic carbocycles. The van der Waals surface area contributed by atoms with E-state index in [1.165, 1.54) is 13.1 Å². The third-order valence-corrected chi connectivity index (χ3v) is 2.44. The summed E-state index contributed by atoms with van der Waals surface area (Å²) in [5, 5.41) is 8.92. The van der Waals surface area contributed by atoms with E-state index in [0.29, 0.717) is 0 Å². The molecule has 0 radical (unpaired) electrons. The summed E-state index contributed by atoms with van der Waals surface area (Å²) in [7, 11) is 0. The Bertz CT molecular complexity index is 636. The van der Waals surface area contributed by atoms with Crippen LogP contribution < -0.4 is 5.73 Å². The molecule has 0 amide bonds. The van der Waals surface area contributed by atoms with Crippen LogP contribution in [0.4, 0.5) is 19.1 Å². The molecule has 0 bridgehead atoms. The average Bonchev–Trinajstić information content (AvgIpc) is 2.36. The van der Waals surface area contributed by atoms with Crippen molar-refractivity contribution in [1.82, 2.24) is 9.97 Å². The van der Waals surface area contributed by atoms with Crippen LogP contribution in [-0.4, -0.2) is 16.1 Å². The van der Waals surface area contributed by atoms with Crippen LogP contribution in [0.15, 0.2) is 36.6 Å². The zero-order chi connectivity index (χ0) is 15.5. The molecule has 0 atom stereocenters. The number of nitriles is 1. The summed E-state index contributed by atoms with van der Waals surface area (Å²) in [6.07, 6.45) is -2.50. The minimum absolute atomic E-state index is 0.0783. The van der Waals surface area contributed by atoms with E-state index in [4.69, 9.17) is 11.0 Å². The molecule has 1 aromatic heterocycles. The Labute approximate surface area is 113 Å². The van der Waals surface area contributed by atoms with Gasteiger partial charge in [-0.25, -0.2) is 9.97 Å². The summed E-state index contributed by atoms with van der Waals surface area (Å²) in [6.45, 7) is 7.99. The van der Waals surface area contributed by atoms with E-state index in [0.717, 1.165) is 6.08 Å². The molecule has 0 unspecified atom stereocenters. The van der Waals surface area contributed by atoms with Gasteiger partial charge in [0, 0.05) is 5.57 Å². The van der Waals surface area contributed by atoms with E-state index in [1.54, 1.807) is 0 Å². The second-order valence-corrected chi connectivity index (χ2v) is 3.93. The van der Waals surface area contributed by atoms with E-state index in [1.807, 2.05) is 6.07 Å². The number of aromatic nitrogens is 2. The minimum atomic E-state index is -4.52. The van der Waals surface area contributed by atoms with Gasteiger partial charge in [0.2, 0.25) is 5.95 Å². The first kappa shape index (κ1) is 15.4. The predicted molar refractivity (Wildman–Crippen MR) is 69.1 cm³/mol. The normalized spacial score (nSPS) is 11.8. The van der Waals surface area contributed by atoms with Gasteiger partial charge in [-0.05, 0) is 24.1 Å². The Hall–Kier alpha value is -2.62. The van der Waals surface area contributed by atoms with Gasteiger partial charge in [0.15, 0.2) is 0 Å². The number of halogens is 3. The van der Waals surface area contributed by atoms with Gasteiger partial charge in [-0.2, -0.15) is 18.4 Å². The lowest BCUT2D eigenvalue weighted by atomic mass is 10.0. The molecule has 104 valence electrons. The van der Waals surface area contributed by atoms with Gasteiger partial charge in [0.1, 0.15) is 6.07 Å². The van der Waals surface area contributed by atoms with Crippen molar-refractivity contribution in [3.8, 4) is 6.07 Å². The van der Waals surface area contributed by atoms with Crippen LogP contribution >= 0.6 is 0 Å². The zero-order valence-electron chi connectivity index (χ0n) is 10.6. The summed E-state index contributed by atoms with van der Waals surface area (Å²) in [5.74, 6) is -0.0948. The van der Waals surface area contributed by atoms with Gasteiger partial charge >= 0.3 is 6.18 Å². The molecule has 0 spiro atoms. The molecule has 1 rings (SSSR count). The van der Waals surface area contributed by atoms with Gasteiger partial charge in [-0.3, -0.25) is 0 Å². The van der Waals surface area contributed by atoms with E-state index < -0.39 is 11.7 Å². The number of hydrogen-bond acceptors (Lipinski definition) is 4. The first-order valence-electron chi connectivity index (χ1n) is 5.33. The Kier molecular flexibility index (Phi) is 4.30. The smallest absolute Gasteiger partial charge is 0.368 e. The third-order valence-electron chi connectivity index (χ3n) is 2.44. The molecule has 4 nitrogen and oxygen atoms in total. The number of nitrogens with zero attached hydrogens (tertiary/aromatic N) is 3. The van der Waals surface area contributed by atoms with Crippen molar-refractivity contribution in [2.45, 2.75) is 13.1 Å². The molecule has 0 aliphatic heterocycles. The number of alkyl halides is 3. The van der Waals surface area contributed by atoms with Crippen molar-refractivity contribution in [2.24, 2.45) is 0 Å². The average molecular weight is 280 g/mol. The lowest BCUT2D eigenvalue weighted by Gasteiger charge is -2.10. The fraction of sp³-hybridized carbons (Fsp3) is 0.154. The predicted octanol–water partition coefficient (Wildman–Crippen LogP) is 3.01. The summed E-state index contributed by atoms with van der Waals surface area (Å²) in [6, 6.07) is 1.83. The van der Waals surface area contributed by atoms with Crippen molar-refractivity contribution < 1.29 is 13.2 Å². The Balaban J connectivity index is 3.20. The number of nitrogens with two attached hydrogens (primary N) is 1. The third kappa shape index (κ3) is 3.45. The SMILES string of the molecule is C=C(/C(C)=C/C(=C)C(F)(F)F)c1nc(N)ncc1C#N. The van der Waals surface area contributed by atoms with Gasteiger partial charge in [0.25, 0.3) is 0 Å². The molecule has 1 heterocycles. The standard InChI is InChI=1S/C13H11F3N4/c1-7(4-8(2)13(14,15)16)9(3)11-10(5-17)6-19-12(18)20-11/h4,6H,2-3H2,1H3,(H2,18,19,20)/b7-4+. The minimum Gasteiger partial charge on any atom is -0.368 e. The van der Waals surface area contributed by atoms with Crippen molar-refractivity contribution in [3.63, 3.8) is 0 Å². The maximum absolute atomic E-state index is 12.4. The highest BCUT2D eigenvalue weighted by atomic mass is 19.4. The molecular weight excluding hydrogens is 269 g/mol. The Morgan fingerprint density at radius 1 is 1.45 bits per heavy atom. The number of anilines is 1. The van der Waals surface area contributed by atoms with Gasteiger partial charge < -0.3 is 5.73 Å². The number of allylic oxidation sites excluding steroid dienone is 4. The van der Waals surface area contributed by atoms with Gasteiger partial charge in [-0.15, -0.1) is 0 Å². The van der Waals surface area contributed by atoms with Crippen molar-refractivity contribution in [2.75, 3.05) is 5.73 Å². The number of nitrogen functional groups attached to an aromatic ring is 1. The summed E-state index contributed by atoms with van der Waals surface area (Å²) < 4.78 is 37.2. The molecule has 0 aromatic carbocycles. The molecule has 0 fully saturated rings. The molecule has 1 aromatic rings.